The topological polar surface area (TPSA) is 27.3 Å². The van der Waals surface area contributed by atoms with E-state index in [9.17, 15) is 8.78 Å². The summed E-state index contributed by atoms with van der Waals surface area (Å²) in [5, 5.41) is 6.08. The van der Waals surface area contributed by atoms with E-state index < -0.39 is 11.6 Å². The molecular weight excluding hydrogens is 352 g/mol. The summed E-state index contributed by atoms with van der Waals surface area (Å²) < 4.78 is 26.6. The molecular formula is C20H23F2N3S. The van der Waals surface area contributed by atoms with Crippen molar-refractivity contribution in [3.8, 4) is 0 Å². The summed E-state index contributed by atoms with van der Waals surface area (Å²) in [7, 11) is 0. The van der Waals surface area contributed by atoms with E-state index in [1.165, 1.54) is 30.7 Å². The van der Waals surface area contributed by atoms with Gasteiger partial charge in [-0.25, -0.2) is 8.78 Å². The summed E-state index contributed by atoms with van der Waals surface area (Å²) >= 11 is 5.18. The Morgan fingerprint density at radius 2 is 1.96 bits per heavy atom. The maximum Gasteiger partial charge on any atom is 0.171 e. The summed E-state index contributed by atoms with van der Waals surface area (Å²) in [6.45, 7) is 5.04. The number of thiocarbonyl (C=S) groups is 1. The van der Waals surface area contributed by atoms with Gasteiger partial charge in [0.2, 0.25) is 0 Å². The predicted octanol–water partition coefficient (Wildman–Crippen LogP) is 4.69. The molecule has 3 nitrogen and oxygen atoms in total. The fourth-order valence-electron chi connectivity index (χ4n) is 3.19. The van der Waals surface area contributed by atoms with Crippen molar-refractivity contribution in [1.82, 2.24) is 5.32 Å². The van der Waals surface area contributed by atoms with Crippen molar-refractivity contribution in [3.63, 3.8) is 0 Å². The highest BCUT2D eigenvalue weighted by Gasteiger charge is 2.16. The number of anilines is 2. The van der Waals surface area contributed by atoms with Crippen molar-refractivity contribution < 1.29 is 8.78 Å². The molecule has 1 aliphatic heterocycles. The number of nitrogens with one attached hydrogen (secondary N) is 2. The van der Waals surface area contributed by atoms with Crippen molar-refractivity contribution in [2.45, 2.75) is 26.3 Å². The van der Waals surface area contributed by atoms with Crippen LogP contribution in [0.2, 0.25) is 0 Å². The summed E-state index contributed by atoms with van der Waals surface area (Å²) in [6, 6.07) is 11.7. The molecule has 1 fully saturated rings. The maximum absolute atomic E-state index is 13.6. The maximum atomic E-state index is 13.6. The van der Waals surface area contributed by atoms with Crippen molar-refractivity contribution in [2.24, 2.45) is 5.92 Å². The summed E-state index contributed by atoms with van der Waals surface area (Å²) in [4.78, 5) is 2.43. The first-order chi connectivity index (χ1) is 12.5. The molecule has 1 saturated heterocycles. The van der Waals surface area contributed by atoms with Crippen LogP contribution in [0.1, 0.15) is 25.3 Å². The molecule has 0 spiro atoms. The Bertz CT molecular complexity index is 764. The van der Waals surface area contributed by atoms with Crippen molar-refractivity contribution in [2.75, 3.05) is 23.3 Å². The summed E-state index contributed by atoms with van der Waals surface area (Å²) in [6.07, 6.45) is 2.54. The molecule has 26 heavy (non-hydrogen) atoms. The fraction of sp³-hybridized carbons (Fsp3) is 0.350. The quantitative estimate of drug-likeness (QED) is 0.759. The summed E-state index contributed by atoms with van der Waals surface area (Å²) in [5.41, 5.74) is 2.48. The Balaban J connectivity index is 1.52. The molecule has 6 heteroatoms. The zero-order valence-electron chi connectivity index (χ0n) is 14.8. The number of nitrogens with zero attached hydrogens (tertiary/aromatic N) is 1. The third-order valence-electron chi connectivity index (χ3n) is 4.59. The number of benzene rings is 2. The van der Waals surface area contributed by atoms with Crippen LogP contribution in [-0.2, 0) is 6.54 Å². The Morgan fingerprint density at radius 3 is 2.65 bits per heavy atom. The average molecular weight is 375 g/mol. The molecule has 1 aliphatic rings. The SMILES string of the molecule is CC1CCCN(c2ccc(CNC(=S)Nc3ccc(F)cc3F)cc2)C1. The van der Waals surface area contributed by atoms with Gasteiger partial charge in [0.25, 0.3) is 0 Å². The fourth-order valence-corrected chi connectivity index (χ4v) is 3.37. The van der Waals surface area contributed by atoms with Gasteiger partial charge in [0.05, 0.1) is 5.69 Å². The van der Waals surface area contributed by atoms with Gasteiger partial charge in [0, 0.05) is 31.4 Å². The molecule has 0 aromatic heterocycles. The van der Waals surface area contributed by atoms with Crippen LogP contribution < -0.4 is 15.5 Å². The normalized spacial score (nSPS) is 17.0. The van der Waals surface area contributed by atoms with Gasteiger partial charge in [0.1, 0.15) is 11.6 Å². The molecule has 3 rings (SSSR count). The van der Waals surface area contributed by atoms with E-state index in [2.05, 4.69) is 46.7 Å². The van der Waals surface area contributed by atoms with Crippen LogP contribution in [-0.4, -0.2) is 18.2 Å². The van der Waals surface area contributed by atoms with E-state index in [0.29, 0.717) is 11.7 Å². The molecule has 138 valence electrons. The van der Waals surface area contributed by atoms with E-state index >= 15 is 0 Å². The van der Waals surface area contributed by atoms with E-state index in [1.54, 1.807) is 0 Å². The highest BCUT2D eigenvalue weighted by atomic mass is 32.1. The number of hydrogen-bond donors (Lipinski definition) is 2. The first kappa shape index (κ1) is 18.6. The van der Waals surface area contributed by atoms with Gasteiger partial charge in [0.15, 0.2) is 5.11 Å². The zero-order valence-corrected chi connectivity index (χ0v) is 15.6. The van der Waals surface area contributed by atoms with E-state index in [0.717, 1.165) is 30.6 Å². The molecule has 0 saturated carbocycles. The average Bonchev–Trinajstić information content (AvgIpc) is 2.63. The number of hydrogen-bond acceptors (Lipinski definition) is 2. The van der Waals surface area contributed by atoms with E-state index in [1.807, 2.05) is 0 Å². The lowest BCUT2D eigenvalue weighted by atomic mass is 9.99. The van der Waals surface area contributed by atoms with Crippen LogP contribution in [0.25, 0.3) is 0 Å². The molecule has 1 unspecified atom stereocenters. The van der Waals surface area contributed by atoms with Crippen molar-refractivity contribution >= 4 is 28.7 Å². The lowest BCUT2D eigenvalue weighted by Crippen LogP contribution is -2.34. The van der Waals surface area contributed by atoms with Gasteiger partial charge >= 0.3 is 0 Å². The van der Waals surface area contributed by atoms with Gasteiger partial charge in [-0.2, -0.15) is 0 Å². The van der Waals surface area contributed by atoms with Crippen molar-refractivity contribution in [3.05, 3.63) is 59.7 Å². The van der Waals surface area contributed by atoms with Gasteiger partial charge in [-0.05, 0) is 60.8 Å². The molecule has 1 heterocycles. The third kappa shape index (κ3) is 4.91. The third-order valence-corrected chi connectivity index (χ3v) is 4.84. The van der Waals surface area contributed by atoms with Crippen LogP contribution in [0.3, 0.4) is 0 Å². The van der Waals surface area contributed by atoms with E-state index in [4.69, 9.17) is 12.2 Å². The van der Waals surface area contributed by atoms with Crippen LogP contribution in [0.15, 0.2) is 42.5 Å². The first-order valence-corrected chi connectivity index (χ1v) is 9.26. The molecule has 0 bridgehead atoms. The van der Waals surface area contributed by atoms with Crippen molar-refractivity contribution in [1.29, 1.82) is 0 Å². The highest BCUT2D eigenvalue weighted by Crippen LogP contribution is 2.23. The Labute approximate surface area is 158 Å². The first-order valence-electron chi connectivity index (χ1n) is 8.85. The largest absolute Gasteiger partial charge is 0.371 e. The minimum Gasteiger partial charge on any atom is -0.371 e. The monoisotopic (exact) mass is 375 g/mol. The smallest absolute Gasteiger partial charge is 0.171 e. The second-order valence-electron chi connectivity index (χ2n) is 6.79. The van der Waals surface area contributed by atoms with Crippen LogP contribution in [0.5, 0.6) is 0 Å². The van der Waals surface area contributed by atoms with Gasteiger partial charge in [-0.3, -0.25) is 0 Å². The number of halogens is 2. The Kier molecular flexibility index (Phi) is 6.04. The minimum atomic E-state index is -0.672. The van der Waals surface area contributed by atoms with E-state index in [-0.39, 0.29) is 5.69 Å². The molecule has 0 radical (unpaired) electrons. The molecule has 2 N–H and O–H groups in total. The van der Waals surface area contributed by atoms with Crippen LogP contribution in [0.4, 0.5) is 20.2 Å². The number of piperidine rings is 1. The molecule has 1 atom stereocenters. The highest BCUT2D eigenvalue weighted by molar-refractivity contribution is 7.80. The lowest BCUT2D eigenvalue weighted by Gasteiger charge is -2.32. The lowest BCUT2D eigenvalue weighted by molar-refractivity contribution is 0.447. The zero-order chi connectivity index (χ0) is 18.5. The predicted molar refractivity (Wildman–Crippen MR) is 106 cm³/mol. The Morgan fingerprint density at radius 1 is 1.19 bits per heavy atom. The molecule has 0 amide bonds. The van der Waals surface area contributed by atoms with Gasteiger partial charge in [-0.15, -0.1) is 0 Å². The molecule has 0 aliphatic carbocycles. The van der Waals surface area contributed by atoms with Gasteiger partial charge in [-0.1, -0.05) is 19.1 Å². The second-order valence-corrected chi connectivity index (χ2v) is 7.20. The second kappa shape index (κ2) is 8.45. The van der Waals surface area contributed by atoms with Crippen LogP contribution >= 0.6 is 12.2 Å². The molecule has 2 aromatic rings. The van der Waals surface area contributed by atoms with Crippen LogP contribution in [0, 0.1) is 17.6 Å². The summed E-state index contributed by atoms with van der Waals surface area (Å²) in [5.74, 6) is -0.551. The minimum absolute atomic E-state index is 0.151. The number of rotatable bonds is 4. The Hall–Kier alpha value is -2.21. The molecule has 2 aromatic carbocycles. The van der Waals surface area contributed by atoms with Gasteiger partial charge < -0.3 is 15.5 Å². The standard InChI is InChI=1S/C20H23F2N3S/c1-14-3-2-10-25(13-14)17-7-4-15(5-8-17)12-23-20(26)24-19-9-6-16(21)11-18(19)22/h4-9,11,14H,2-3,10,12-13H2,1H3,(H2,23,24,26).